The van der Waals surface area contributed by atoms with E-state index < -0.39 is 0 Å². The molecule has 4 heteroatoms. The molecule has 0 aliphatic carbocycles. The van der Waals surface area contributed by atoms with Crippen LogP contribution in [0.2, 0.25) is 0 Å². The Morgan fingerprint density at radius 1 is 1.09 bits per heavy atom. The Kier molecular flexibility index (Phi) is 5.47. The number of halogens is 1. The predicted octanol–water partition coefficient (Wildman–Crippen LogP) is 4.90. The molecule has 0 atom stereocenters. The van der Waals surface area contributed by atoms with Gasteiger partial charge >= 0.3 is 5.97 Å². The van der Waals surface area contributed by atoms with E-state index in [-0.39, 0.29) is 17.8 Å². The topological polar surface area (TPSA) is 35.5 Å². The van der Waals surface area contributed by atoms with Crippen LogP contribution in [0.15, 0.2) is 46.9 Å². The van der Waals surface area contributed by atoms with Gasteiger partial charge in [-0.15, -0.1) is 0 Å². The van der Waals surface area contributed by atoms with Gasteiger partial charge in [-0.25, -0.2) is 0 Å². The molecular formula is C19H21BrO3. The van der Waals surface area contributed by atoms with Crippen molar-refractivity contribution in [3.05, 3.63) is 58.1 Å². The van der Waals surface area contributed by atoms with Crippen molar-refractivity contribution in [3.63, 3.8) is 0 Å². The molecule has 2 rings (SSSR count). The van der Waals surface area contributed by atoms with Crippen molar-refractivity contribution in [2.24, 2.45) is 0 Å². The van der Waals surface area contributed by atoms with E-state index in [1.165, 1.54) is 5.56 Å². The number of esters is 1. The summed E-state index contributed by atoms with van der Waals surface area (Å²) in [7, 11) is 1.61. The van der Waals surface area contributed by atoms with E-state index in [0.29, 0.717) is 5.75 Å². The van der Waals surface area contributed by atoms with E-state index in [9.17, 15) is 4.79 Å². The molecule has 0 aromatic heterocycles. The number of benzene rings is 2. The van der Waals surface area contributed by atoms with Crippen molar-refractivity contribution < 1.29 is 14.3 Å². The Morgan fingerprint density at radius 2 is 1.74 bits per heavy atom. The van der Waals surface area contributed by atoms with Gasteiger partial charge in [-0.05, 0) is 56.7 Å². The standard InChI is InChI=1S/C19H21BrO3/c1-19(2,3)14-7-10-17(16(20)12-14)23-18(21)11-13-5-8-15(22-4)9-6-13/h5-10,12H,11H2,1-4H3. The number of carbonyl (C=O) groups excluding carboxylic acids is 1. The van der Waals surface area contributed by atoms with Crippen molar-refractivity contribution in [1.29, 1.82) is 0 Å². The summed E-state index contributed by atoms with van der Waals surface area (Å²) in [6.07, 6.45) is 0.220. The Balaban J connectivity index is 2.05. The number of rotatable bonds is 4. The number of hydrogen-bond donors (Lipinski definition) is 0. The zero-order valence-corrected chi connectivity index (χ0v) is 15.4. The summed E-state index contributed by atoms with van der Waals surface area (Å²) >= 11 is 3.48. The molecule has 0 radical (unpaired) electrons. The van der Waals surface area contributed by atoms with Gasteiger partial charge in [0.2, 0.25) is 0 Å². The third-order valence-corrected chi connectivity index (χ3v) is 4.15. The molecule has 0 aliphatic rings. The summed E-state index contributed by atoms with van der Waals surface area (Å²) in [5, 5.41) is 0. The van der Waals surface area contributed by atoms with Crippen LogP contribution in [0.3, 0.4) is 0 Å². The van der Waals surface area contributed by atoms with Crippen molar-refractivity contribution in [2.45, 2.75) is 32.6 Å². The van der Waals surface area contributed by atoms with Crippen molar-refractivity contribution in [3.8, 4) is 11.5 Å². The molecule has 0 spiro atoms. The van der Waals surface area contributed by atoms with Gasteiger partial charge in [0, 0.05) is 0 Å². The number of ether oxygens (including phenoxy) is 2. The molecule has 0 aliphatic heterocycles. The van der Waals surface area contributed by atoms with Gasteiger partial charge in [-0.2, -0.15) is 0 Å². The second-order valence-corrected chi connectivity index (χ2v) is 7.25. The summed E-state index contributed by atoms with van der Waals surface area (Å²) in [5.41, 5.74) is 2.12. The van der Waals surface area contributed by atoms with Crippen LogP contribution in [0.1, 0.15) is 31.9 Å². The molecule has 122 valence electrons. The number of carbonyl (C=O) groups is 1. The largest absolute Gasteiger partial charge is 0.497 e. The molecule has 0 saturated carbocycles. The summed E-state index contributed by atoms with van der Waals surface area (Å²) in [4.78, 5) is 12.1. The highest BCUT2D eigenvalue weighted by Crippen LogP contribution is 2.31. The van der Waals surface area contributed by atoms with Gasteiger partial charge in [0.15, 0.2) is 0 Å². The minimum Gasteiger partial charge on any atom is -0.497 e. The van der Waals surface area contributed by atoms with Crippen LogP contribution in [0.25, 0.3) is 0 Å². The van der Waals surface area contributed by atoms with Gasteiger partial charge in [0.1, 0.15) is 11.5 Å². The molecule has 0 saturated heterocycles. The molecular weight excluding hydrogens is 356 g/mol. The second-order valence-electron chi connectivity index (χ2n) is 6.39. The summed E-state index contributed by atoms with van der Waals surface area (Å²) in [5.74, 6) is 1.01. The van der Waals surface area contributed by atoms with Crippen molar-refractivity contribution in [1.82, 2.24) is 0 Å². The lowest BCUT2D eigenvalue weighted by atomic mass is 9.87. The van der Waals surface area contributed by atoms with E-state index in [1.807, 2.05) is 42.5 Å². The maximum absolute atomic E-state index is 12.1. The normalized spacial score (nSPS) is 11.2. The first-order valence-electron chi connectivity index (χ1n) is 7.43. The molecule has 3 nitrogen and oxygen atoms in total. The SMILES string of the molecule is COc1ccc(CC(=O)Oc2ccc(C(C)(C)C)cc2Br)cc1. The maximum atomic E-state index is 12.1. The van der Waals surface area contributed by atoms with Gasteiger partial charge in [-0.3, -0.25) is 4.79 Å². The van der Waals surface area contributed by atoms with Crippen LogP contribution >= 0.6 is 15.9 Å². The number of methoxy groups -OCH3 is 1. The highest BCUT2D eigenvalue weighted by atomic mass is 79.9. The Bertz CT molecular complexity index is 685. The highest BCUT2D eigenvalue weighted by molar-refractivity contribution is 9.10. The van der Waals surface area contributed by atoms with Gasteiger partial charge < -0.3 is 9.47 Å². The summed E-state index contributed by atoms with van der Waals surface area (Å²) < 4.78 is 11.3. The van der Waals surface area contributed by atoms with Crippen molar-refractivity contribution in [2.75, 3.05) is 7.11 Å². The minimum atomic E-state index is -0.292. The Morgan fingerprint density at radius 3 is 2.26 bits per heavy atom. The maximum Gasteiger partial charge on any atom is 0.315 e. The van der Waals surface area contributed by atoms with Crippen LogP contribution in [0.4, 0.5) is 0 Å². The van der Waals surface area contributed by atoms with Crippen LogP contribution in [0, 0.1) is 0 Å². The lowest BCUT2D eigenvalue weighted by Gasteiger charge is -2.20. The van der Waals surface area contributed by atoms with Gasteiger partial charge in [0.25, 0.3) is 0 Å². The van der Waals surface area contributed by atoms with Crippen LogP contribution in [0.5, 0.6) is 11.5 Å². The van der Waals surface area contributed by atoms with E-state index in [0.717, 1.165) is 15.8 Å². The fraction of sp³-hybridized carbons (Fsp3) is 0.316. The van der Waals surface area contributed by atoms with E-state index in [4.69, 9.17) is 9.47 Å². The molecule has 2 aromatic rings. The Hall–Kier alpha value is -1.81. The highest BCUT2D eigenvalue weighted by Gasteiger charge is 2.16. The predicted molar refractivity (Wildman–Crippen MR) is 95.2 cm³/mol. The van der Waals surface area contributed by atoms with Gasteiger partial charge in [0.05, 0.1) is 18.0 Å². The number of hydrogen-bond acceptors (Lipinski definition) is 3. The molecule has 0 fully saturated rings. The molecule has 0 heterocycles. The van der Waals surface area contributed by atoms with Crippen LogP contribution in [-0.2, 0) is 16.6 Å². The molecule has 0 N–H and O–H groups in total. The summed E-state index contributed by atoms with van der Waals surface area (Å²) in [6, 6.07) is 13.2. The van der Waals surface area contributed by atoms with Crippen molar-refractivity contribution >= 4 is 21.9 Å². The third-order valence-electron chi connectivity index (χ3n) is 3.53. The fourth-order valence-corrected chi connectivity index (χ4v) is 2.58. The van der Waals surface area contributed by atoms with E-state index in [1.54, 1.807) is 7.11 Å². The van der Waals surface area contributed by atoms with Gasteiger partial charge in [-0.1, -0.05) is 39.0 Å². The molecule has 23 heavy (non-hydrogen) atoms. The third kappa shape index (κ3) is 4.83. The average Bonchev–Trinajstić information content (AvgIpc) is 2.49. The zero-order valence-electron chi connectivity index (χ0n) is 13.9. The molecule has 0 unspecified atom stereocenters. The smallest absolute Gasteiger partial charge is 0.315 e. The second kappa shape index (κ2) is 7.18. The fourth-order valence-electron chi connectivity index (χ4n) is 2.12. The molecule has 2 aromatic carbocycles. The van der Waals surface area contributed by atoms with E-state index >= 15 is 0 Å². The first-order chi connectivity index (χ1) is 10.8. The summed E-state index contributed by atoms with van der Waals surface area (Å²) in [6.45, 7) is 6.43. The monoisotopic (exact) mass is 376 g/mol. The quantitative estimate of drug-likeness (QED) is 0.562. The molecule has 0 amide bonds. The lowest BCUT2D eigenvalue weighted by molar-refractivity contribution is -0.133. The van der Waals surface area contributed by atoms with E-state index in [2.05, 4.69) is 36.7 Å². The zero-order chi connectivity index (χ0) is 17.0. The average molecular weight is 377 g/mol. The first-order valence-corrected chi connectivity index (χ1v) is 8.22. The van der Waals surface area contributed by atoms with Crippen LogP contribution in [-0.4, -0.2) is 13.1 Å². The van der Waals surface area contributed by atoms with Crippen LogP contribution < -0.4 is 9.47 Å². The molecule has 0 bridgehead atoms. The lowest BCUT2D eigenvalue weighted by Crippen LogP contribution is -2.13. The Labute approximate surface area is 145 Å². The first kappa shape index (κ1) is 17.5. The minimum absolute atomic E-state index is 0.0498.